The molecule has 1 aromatic rings. The first-order valence-electron chi connectivity index (χ1n) is 5.52. The van der Waals surface area contributed by atoms with Crippen LogP contribution in [0.5, 0.6) is 0 Å². The van der Waals surface area contributed by atoms with Crippen LogP contribution in [0.25, 0.3) is 0 Å². The Morgan fingerprint density at radius 1 is 1.47 bits per heavy atom. The van der Waals surface area contributed by atoms with E-state index in [0.717, 1.165) is 16.2 Å². The largest absolute Gasteiger partial charge is 0.383 e. The Kier molecular flexibility index (Phi) is 6.22. The fraction of sp³-hybridized carbons (Fsp3) is 0.500. The van der Waals surface area contributed by atoms with E-state index >= 15 is 0 Å². The molecule has 1 rings (SSSR count). The van der Waals surface area contributed by atoms with E-state index in [2.05, 4.69) is 15.6 Å². The summed E-state index contributed by atoms with van der Waals surface area (Å²) in [5, 5.41) is 11.2. The summed E-state index contributed by atoms with van der Waals surface area (Å²) in [5.41, 5.74) is 0. The third-order valence-corrected chi connectivity index (χ3v) is 4.69. The van der Waals surface area contributed by atoms with E-state index in [0.29, 0.717) is 25.7 Å². The summed E-state index contributed by atoms with van der Waals surface area (Å²) < 4.78 is 27.3. The van der Waals surface area contributed by atoms with Gasteiger partial charge in [0.25, 0.3) is 0 Å². The van der Waals surface area contributed by atoms with Crippen LogP contribution in [0.2, 0.25) is 0 Å². The molecule has 0 spiro atoms. The molecule has 0 atom stereocenters. The average molecular weight is 306 g/mol. The lowest BCUT2D eigenvalue weighted by atomic mass is 10.5. The number of hydrogen-bond donors (Lipinski definition) is 3. The molecular formula is C10H18N4O3S2. The maximum Gasteiger partial charge on any atom is 0.247 e. The van der Waals surface area contributed by atoms with Crippen molar-refractivity contribution in [2.75, 3.05) is 27.3 Å². The zero-order chi connectivity index (χ0) is 14.3. The lowest BCUT2D eigenvalue weighted by molar-refractivity contribution is 0.203. The van der Waals surface area contributed by atoms with Crippen LogP contribution >= 0.6 is 11.3 Å². The Morgan fingerprint density at radius 2 is 2.21 bits per heavy atom. The Balaban J connectivity index is 2.49. The van der Waals surface area contributed by atoms with Crippen LogP contribution in [0.1, 0.15) is 4.88 Å². The molecule has 0 radical (unpaired) electrons. The second-order valence-corrected chi connectivity index (χ2v) is 6.57. The van der Waals surface area contributed by atoms with Gasteiger partial charge in [0.2, 0.25) is 10.0 Å². The molecule has 0 fully saturated rings. The van der Waals surface area contributed by atoms with Crippen molar-refractivity contribution in [3.8, 4) is 0 Å². The van der Waals surface area contributed by atoms with Crippen molar-refractivity contribution < 1.29 is 13.2 Å². The van der Waals surface area contributed by atoms with Gasteiger partial charge < -0.3 is 15.4 Å². The summed E-state index contributed by atoms with van der Waals surface area (Å²) in [4.78, 5) is 4.89. The van der Waals surface area contributed by atoms with Gasteiger partial charge in [-0.2, -0.15) is 0 Å². The standard InChI is InChI=1S/C10H18N4O3S2/c1-12-10(13-5-6-17-2)14-7-8-3-4-9(18-8)19(11,15)16/h3-4H,5-7H2,1-2H3,(H2,11,15,16)(H2,12,13,14). The number of guanidine groups is 1. The quantitative estimate of drug-likeness (QED) is 0.380. The normalized spacial score (nSPS) is 12.5. The van der Waals surface area contributed by atoms with E-state index < -0.39 is 10.0 Å². The summed E-state index contributed by atoms with van der Waals surface area (Å²) in [6, 6.07) is 3.22. The predicted octanol–water partition coefficient (Wildman–Crippen LogP) is -0.293. The number of nitrogens with zero attached hydrogens (tertiary/aromatic N) is 1. The van der Waals surface area contributed by atoms with Gasteiger partial charge in [-0.15, -0.1) is 11.3 Å². The molecule has 7 nitrogen and oxygen atoms in total. The molecule has 0 aliphatic carbocycles. The highest BCUT2D eigenvalue weighted by Crippen LogP contribution is 2.19. The lowest BCUT2D eigenvalue weighted by Gasteiger charge is -2.10. The van der Waals surface area contributed by atoms with Crippen LogP contribution in [0.15, 0.2) is 21.3 Å². The minimum atomic E-state index is -3.62. The Morgan fingerprint density at radius 3 is 2.74 bits per heavy atom. The van der Waals surface area contributed by atoms with Gasteiger partial charge in [0, 0.05) is 25.6 Å². The molecular weight excluding hydrogens is 288 g/mol. The smallest absolute Gasteiger partial charge is 0.247 e. The fourth-order valence-electron chi connectivity index (χ4n) is 1.27. The third kappa shape index (κ3) is 5.55. The Hall–Kier alpha value is -1.16. The van der Waals surface area contributed by atoms with Gasteiger partial charge in [0.1, 0.15) is 4.21 Å². The number of methoxy groups -OCH3 is 1. The SMILES string of the molecule is CN=C(NCCOC)NCc1ccc(S(N)(=O)=O)s1. The molecule has 0 amide bonds. The molecule has 4 N–H and O–H groups in total. The molecule has 0 aliphatic rings. The van der Waals surface area contributed by atoms with Crippen LogP contribution in [0, 0.1) is 0 Å². The van der Waals surface area contributed by atoms with Crippen LogP contribution in [-0.4, -0.2) is 41.7 Å². The van der Waals surface area contributed by atoms with Gasteiger partial charge in [0.05, 0.1) is 13.2 Å². The highest BCUT2D eigenvalue weighted by atomic mass is 32.2. The molecule has 9 heteroatoms. The van der Waals surface area contributed by atoms with Crippen molar-refractivity contribution in [2.24, 2.45) is 10.1 Å². The number of hydrogen-bond acceptors (Lipinski definition) is 5. The van der Waals surface area contributed by atoms with Crippen molar-refractivity contribution in [3.63, 3.8) is 0 Å². The Labute approximate surface area is 116 Å². The summed E-state index contributed by atoms with van der Waals surface area (Å²) in [7, 11) is -0.333. The summed E-state index contributed by atoms with van der Waals surface area (Å²) in [6.45, 7) is 1.70. The minimum Gasteiger partial charge on any atom is -0.383 e. The van der Waals surface area contributed by atoms with Gasteiger partial charge in [0.15, 0.2) is 5.96 Å². The molecule has 0 saturated carbocycles. The zero-order valence-corrected chi connectivity index (χ0v) is 12.5. The third-order valence-electron chi connectivity index (χ3n) is 2.17. The molecule has 0 unspecified atom stereocenters. The minimum absolute atomic E-state index is 0.159. The lowest BCUT2D eigenvalue weighted by Crippen LogP contribution is -2.38. The molecule has 0 saturated heterocycles. The number of thiophene rings is 1. The van der Waals surface area contributed by atoms with Crippen molar-refractivity contribution in [1.29, 1.82) is 0 Å². The number of sulfonamides is 1. The van der Waals surface area contributed by atoms with Crippen LogP contribution in [0.4, 0.5) is 0 Å². The highest BCUT2D eigenvalue weighted by Gasteiger charge is 2.11. The number of primary sulfonamides is 1. The summed E-state index contributed by atoms with van der Waals surface area (Å²) in [6.07, 6.45) is 0. The number of aliphatic imine (C=N–C) groups is 1. The summed E-state index contributed by atoms with van der Waals surface area (Å²) in [5.74, 6) is 0.627. The van der Waals surface area contributed by atoms with Gasteiger partial charge >= 0.3 is 0 Å². The molecule has 0 aliphatic heterocycles. The molecule has 19 heavy (non-hydrogen) atoms. The van der Waals surface area contributed by atoms with Gasteiger partial charge in [-0.3, -0.25) is 4.99 Å². The maximum atomic E-state index is 11.1. The first-order chi connectivity index (χ1) is 8.97. The molecule has 0 bridgehead atoms. The monoisotopic (exact) mass is 306 g/mol. The van der Waals surface area contributed by atoms with Crippen molar-refractivity contribution >= 4 is 27.3 Å². The van der Waals surface area contributed by atoms with Gasteiger partial charge in [-0.1, -0.05) is 0 Å². The van der Waals surface area contributed by atoms with Gasteiger partial charge in [-0.25, -0.2) is 13.6 Å². The number of nitrogens with one attached hydrogen (secondary N) is 2. The number of ether oxygens (including phenoxy) is 1. The van der Waals surface area contributed by atoms with E-state index in [1.54, 1.807) is 20.2 Å². The van der Waals surface area contributed by atoms with Crippen LogP contribution < -0.4 is 15.8 Å². The topological polar surface area (TPSA) is 106 Å². The van der Waals surface area contributed by atoms with Crippen LogP contribution in [-0.2, 0) is 21.3 Å². The second kappa shape index (κ2) is 7.43. The van der Waals surface area contributed by atoms with Crippen molar-refractivity contribution in [3.05, 3.63) is 17.0 Å². The van der Waals surface area contributed by atoms with E-state index in [9.17, 15) is 8.42 Å². The van der Waals surface area contributed by atoms with Crippen molar-refractivity contribution in [1.82, 2.24) is 10.6 Å². The van der Waals surface area contributed by atoms with E-state index in [4.69, 9.17) is 9.88 Å². The molecule has 1 aromatic heterocycles. The number of rotatable bonds is 6. The number of nitrogens with two attached hydrogens (primary N) is 1. The second-order valence-electron chi connectivity index (χ2n) is 3.61. The van der Waals surface area contributed by atoms with E-state index in [-0.39, 0.29) is 4.21 Å². The van der Waals surface area contributed by atoms with E-state index in [1.807, 2.05) is 0 Å². The highest BCUT2D eigenvalue weighted by molar-refractivity contribution is 7.91. The first-order valence-corrected chi connectivity index (χ1v) is 7.88. The van der Waals surface area contributed by atoms with Gasteiger partial charge in [-0.05, 0) is 12.1 Å². The molecule has 0 aromatic carbocycles. The summed E-state index contributed by atoms with van der Waals surface area (Å²) >= 11 is 1.14. The Bertz CT molecular complexity index is 525. The first kappa shape index (κ1) is 15.9. The van der Waals surface area contributed by atoms with Crippen LogP contribution in [0.3, 0.4) is 0 Å². The maximum absolute atomic E-state index is 11.1. The average Bonchev–Trinajstić information content (AvgIpc) is 2.82. The fourth-order valence-corrected chi connectivity index (χ4v) is 2.99. The molecule has 108 valence electrons. The van der Waals surface area contributed by atoms with Crippen molar-refractivity contribution in [2.45, 2.75) is 10.8 Å². The zero-order valence-electron chi connectivity index (χ0n) is 10.8. The van der Waals surface area contributed by atoms with E-state index in [1.165, 1.54) is 6.07 Å². The predicted molar refractivity (Wildman–Crippen MR) is 75.8 cm³/mol. The molecule has 1 heterocycles.